The van der Waals surface area contributed by atoms with Crippen molar-refractivity contribution in [3.05, 3.63) is 42.1 Å². The Hall–Kier alpha value is -1.68. The first-order valence-corrected chi connectivity index (χ1v) is 6.55. The van der Waals surface area contributed by atoms with Gasteiger partial charge in [-0.15, -0.1) is 11.8 Å². The molecule has 3 nitrogen and oxygen atoms in total. The number of nitrogens with two attached hydrogens (primary N) is 1. The van der Waals surface area contributed by atoms with E-state index in [0.717, 1.165) is 11.3 Å². The Morgan fingerprint density at radius 2 is 2.12 bits per heavy atom. The normalized spacial score (nSPS) is 10.2. The summed E-state index contributed by atoms with van der Waals surface area (Å²) in [5, 5.41) is 3.24. The monoisotopic (exact) mass is 245 g/mol. The molecule has 1 aromatic heterocycles. The molecule has 0 spiro atoms. The molecule has 2 aromatic rings. The number of hydrogen-bond acceptors (Lipinski definition) is 4. The van der Waals surface area contributed by atoms with Gasteiger partial charge >= 0.3 is 0 Å². The summed E-state index contributed by atoms with van der Waals surface area (Å²) in [5.74, 6) is 0.711. The minimum absolute atomic E-state index is 0.696. The molecule has 0 aliphatic heterocycles. The second kappa shape index (κ2) is 5.10. The van der Waals surface area contributed by atoms with Gasteiger partial charge in [-0.1, -0.05) is 6.07 Å². The summed E-state index contributed by atoms with van der Waals surface area (Å²) in [6, 6.07) is 10.1. The van der Waals surface area contributed by atoms with Crippen LogP contribution in [0.3, 0.4) is 0 Å². The molecule has 0 radical (unpaired) electrons. The summed E-state index contributed by atoms with van der Waals surface area (Å²) in [6.45, 7) is 1.97. The van der Waals surface area contributed by atoms with Crippen LogP contribution in [0.4, 0.5) is 17.2 Å². The molecule has 3 N–H and O–H groups in total. The molecule has 0 amide bonds. The zero-order valence-corrected chi connectivity index (χ0v) is 10.7. The van der Waals surface area contributed by atoms with Crippen LogP contribution in [0.2, 0.25) is 0 Å². The van der Waals surface area contributed by atoms with Gasteiger partial charge in [0.05, 0.1) is 5.69 Å². The Morgan fingerprint density at radius 3 is 2.88 bits per heavy atom. The first-order valence-electron chi connectivity index (χ1n) is 5.33. The third-order valence-corrected chi connectivity index (χ3v) is 3.27. The molecule has 0 aliphatic rings. The molecular formula is C13H15N3S. The summed E-state index contributed by atoms with van der Waals surface area (Å²) < 4.78 is 0. The molecule has 88 valence electrons. The third kappa shape index (κ3) is 2.71. The fraction of sp³-hybridized carbons (Fsp3) is 0.154. The van der Waals surface area contributed by atoms with Crippen LogP contribution >= 0.6 is 11.8 Å². The number of aryl methyl sites for hydroxylation is 1. The van der Waals surface area contributed by atoms with E-state index in [9.17, 15) is 0 Å². The van der Waals surface area contributed by atoms with Crippen LogP contribution in [0.25, 0.3) is 0 Å². The number of aromatic nitrogens is 1. The lowest BCUT2D eigenvalue weighted by Crippen LogP contribution is -2.00. The summed E-state index contributed by atoms with van der Waals surface area (Å²) in [6.07, 6.45) is 3.81. The molecule has 0 saturated heterocycles. The van der Waals surface area contributed by atoms with Crippen molar-refractivity contribution in [2.75, 3.05) is 17.3 Å². The Balaban J connectivity index is 2.28. The number of nitrogens with one attached hydrogen (secondary N) is 1. The van der Waals surface area contributed by atoms with Gasteiger partial charge in [-0.3, -0.25) is 0 Å². The predicted molar refractivity (Wildman–Crippen MR) is 74.9 cm³/mol. The van der Waals surface area contributed by atoms with Gasteiger partial charge in [-0.25, -0.2) is 4.98 Å². The van der Waals surface area contributed by atoms with Crippen molar-refractivity contribution in [1.82, 2.24) is 4.98 Å². The Morgan fingerprint density at radius 1 is 1.29 bits per heavy atom. The highest BCUT2D eigenvalue weighted by Crippen LogP contribution is 2.25. The summed E-state index contributed by atoms with van der Waals surface area (Å²) in [7, 11) is 0. The summed E-state index contributed by atoms with van der Waals surface area (Å²) >= 11 is 1.71. The van der Waals surface area contributed by atoms with Crippen LogP contribution in [-0.4, -0.2) is 11.2 Å². The Bertz CT molecular complexity index is 526. The second-order valence-corrected chi connectivity index (χ2v) is 4.63. The highest BCUT2D eigenvalue weighted by molar-refractivity contribution is 7.98. The van der Waals surface area contributed by atoms with Gasteiger partial charge < -0.3 is 11.1 Å². The van der Waals surface area contributed by atoms with E-state index in [4.69, 9.17) is 5.73 Å². The molecule has 0 aliphatic carbocycles. The number of nitrogens with zero attached hydrogens (tertiary/aromatic N) is 1. The highest BCUT2D eigenvalue weighted by Gasteiger charge is 2.03. The van der Waals surface area contributed by atoms with Crippen molar-refractivity contribution in [2.45, 2.75) is 11.8 Å². The van der Waals surface area contributed by atoms with Crippen LogP contribution in [-0.2, 0) is 0 Å². The fourth-order valence-corrected chi connectivity index (χ4v) is 1.97. The zero-order chi connectivity index (χ0) is 12.3. The van der Waals surface area contributed by atoms with Gasteiger partial charge in [0.15, 0.2) is 5.82 Å². The minimum Gasteiger partial charge on any atom is -0.396 e. The predicted octanol–water partition coefficient (Wildman–Crippen LogP) is 3.44. The average Bonchev–Trinajstić information content (AvgIpc) is 2.35. The van der Waals surface area contributed by atoms with Gasteiger partial charge in [0.25, 0.3) is 0 Å². The van der Waals surface area contributed by atoms with E-state index in [1.807, 2.05) is 25.1 Å². The quantitative estimate of drug-likeness (QED) is 0.813. The van der Waals surface area contributed by atoms with Crippen molar-refractivity contribution >= 4 is 29.0 Å². The number of benzene rings is 1. The lowest BCUT2D eigenvalue weighted by Gasteiger charge is -2.10. The largest absolute Gasteiger partial charge is 0.396 e. The number of nitrogen functional groups attached to an aromatic ring is 1. The van der Waals surface area contributed by atoms with E-state index in [1.165, 1.54) is 4.90 Å². The SMILES string of the molecule is CSc1cccc(Nc2nccc(C)c2N)c1. The number of rotatable bonds is 3. The Kier molecular flexibility index (Phi) is 3.54. The van der Waals surface area contributed by atoms with Crippen molar-refractivity contribution in [3.63, 3.8) is 0 Å². The maximum Gasteiger partial charge on any atom is 0.153 e. The van der Waals surface area contributed by atoms with Crippen LogP contribution in [0, 0.1) is 6.92 Å². The standard InChI is InChI=1S/C13H15N3S/c1-9-6-7-15-13(12(9)14)16-10-4-3-5-11(8-10)17-2/h3-8H,14H2,1-2H3,(H,15,16). The summed E-state index contributed by atoms with van der Waals surface area (Å²) in [4.78, 5) is 5.46. The lowest BCUT2D eigenvalue weighted by atomic mass is 10.2. The molecule has 0 bridgehead atoms. The smallest absolute Gasteiger partial charge is 0.153 e. The Labute approximate surface area is 105 Å². The number of thioether (sulfide) groups is 1. The molecule has 1 heterocycles. The fourth-order valence-electron chi connectivity index (χ4n) is 1.51. The van der Waals surface area contributed by atoms with Crippen molar-refractivity contribution in [2.24, 2.45) is 0 Å². The van der Waals surface area contributed by atoms with Crippen molar-refractivity contribution < 1.29 is 0 Å². The van der Waals surface area contributed by atoms with Gasteiger partial charge in [-0.05, 0) is 43.0 Å². The van der Waals surface area contributed by atoms with E-state index in [-0.39, 0.29) is 0 Å². The molecular weight excluding hydrogens is 230 g/mol. The number of anilines is 3. The van der Waals surface area contributed by atoms with Crippen LogP contribution in [0.15, 0.2) is 41.4 Å². The molecule has 1 aromatic carbocycles. The molecule has 0 saturated carbocycles. The first-order chi connectivity index (χ1) is 8.20. The van der Waals surface area contributed by atoms with E-state index in [2.05, 4.69) is 28.7 Å². The summed E-state index contributed by atoms with van der Waals surface area (Å²) in [5.41, 5.74) is 8.70. The van der Waals surface area contributed by atoms with Crippen molar-refractivity contribution in [3.8, 4) is 0 Å². The van der Waals surface area contributed by atoms with E-state index in [0.29, 0.717) is 11.5 Å². The van der Waals surface area contributed by atoms with Crippen LogP contribution in [0.1, 0.15) is 5.56 Å². The molecule has 4 heteroatoms. The average molecular weight is 245 g/mol. The lowest BCUT2D eigenvalue weighted by molar-refractivity contribution is 1.27. The second-order valence-electron chi connectivity index (χ2n) is 3.75. The van der Waals surface area contributed by atoms with Gasteiger partial charge in [0, 0.05) is 16.8 Å². The van der Waals surface area contributed by atoms with Gasteiger partial charge in [0.1, 0.15) is 0 Å². The van der Waals surface area contributed by atoms with Gasteiger partial charge in [0.2, 0.25) is 0 Å². The molecule has 0 fully saturated rings. The molecule has 0 atom stereocenters. The maximum atomic E-state index is 5.97. The van der Waals surface area contributed by atoms with E-state index >= 15 is 0 Å². The topological polar surface area (TPSA) is 50.9 Å². The van der Waals surface area contributed by atoms with Crippen molar-refractivity contribution in [1.29, 1.82) is 0 Å². The molecule has 17 heavy (non-hydrogen) atoms. The highest BCUT2D eigenvalue weighted by atomic mass is 32.2. The van der Waals surface area contributed by atoms with Crippen LogP contribution in [0.5, 0.6) is 0 Å². The molecule has 0 unspecified atom stereocenters. The van der Waals surface area contributed by atoms with Gasteiger partial charge in [-0.2, -0.15) is 0 Å². The maximum absolute atomic E-state index is 5.97. The van der Waals surface area contributed by atoms with E-state index in [1.54, 1.807) is 18.0 Å². The third-order valence-electron chi connectivity index (χ3n) is 2.54. The number of pyridine rings is 1. The zero-order valence-electron chi connectivity index (χ0n) is 9.90. The van der Waals surface area contributed by atoms with Crippen LogP contribution < -0.4 is 11.1 Å². The minimum atomic E-state index is 0.696. The first kappa shape index (κ1) is 11.8. The number of hydrogen-bond donors (Lipinski definition) is 2. The molecule has 2 rings (SSSR count). The van der Waals surface area contributed by atoms with E-state index < -0.39 is 0 Å².